The lowest BCUT2D eigenvalue weighted by Crippen LogP contribution is -2.58. The fourth-order valence-electron chi connectivity index (χ4n) is 7.25. The maximum atomic E-state index is 14.6. The van der Waals surface area contributed by atoms with E-state index in [2.05, 4.69) is 0 Å². The van der Waals surface area contributed by atoms with Crippen molar-refractivity contribution in [2.24, 2.45) is 11.8 Å². The number of carbonyl (C=O) groups is 3. The number of hydrogen-bond donors (Lipinski definition) is 1. The van der Waals surface area contributed by atoms with Gasteiger partial charge < -0.3 is 24.5 Å². The molecule has 8 nitrogen and oxygen atoms in total. The Morgan fingerprint density at radius 3 is 2.41 bits per heavy atom. The van der Waals surface area contributed by atoms with Crippen LogP contribution in [0.2, 0.25) is 0 Å². The van der Waals surface area contributed by atoms with Crippen molar-refractivity contribution >= 4 is 23.4 Å². The van der Waals surface area contributed by atoms with Gasteiger partial charge in [-0.05, 0) is 50.5 Å². The van der Waals surface area contributed by atoms with Crippen LogP contribution in [0.25, 0.3) is 0 Å². The first-order chi connectivity index (χ1) is 19.6. The van der Waals surface area contributed by atoms with Crippen LogP contribution in [-0.4, -0.2) is 75.6 Å². The molecule has 4 aliphatic rings. The van der Waals surface area contributed by atoms with E-state index in [-0.39, 0.29) is 24.3 Å². The van der Waals surface area contributed by atoms with Crippen LogP contribution in [0.3, 0.4) is 0 Å². The summed E-state index contributed by atoms with van der Waals surface area (Å²) in [6.07, 6.45) is 7.55. The second kappa shape index (κ2) is 9.96. The molecule has 41 heavy (non-hydrogen) atoms. The summed E-state index contributed by atoms with van der Waals surface area (Å²) in [5.41, 5.74) is 1.27. The third-order valence-corrected chi connectivity index (χ3v) is 9.19. The minimum atomic E-state index is -1.36. The lowest BCUT2D eigenvalue weighted by molar-refractivity contribution is -0.151. The first-order valence-corrected chi connectivity index (χ1v) is 14.3. The van der Waals surface area contributed by atoms with Crippen molar-refractivity contribution < 1.29 is 24.2 Å². The van der Waals surface area contributed by atoms with Crippen molar-refractivity contribution in [3.63, 3.8) is 0 Å². The van der Waals surface area contributed by atoms with Crippen molar-refractivity contribution in [2.45, 2.75) is 57.5 Å². The van der Waals surface area contributed by atoms with E-state index in [1.807, 2.05) is 93.6 Å². The second-order valence-corrected chi connectivity index (χ2v) is 12.0. The van der Waals surface area contributed by atoms with Gasteiger partial charge in [0, 0.05) is 25.3 Å². The van der Waals surface area contributed by atoms with E-state index in [1.54, 1.807) is 16.7 Å². The summed E-state index contributed by atoms with van der Waals surface area (Å²) in [6, 6.07) is 14.0. The van der Waals surface area contributed by atoms with Crippen molar-refractivity contribution in [1.82, 2.24) is 9.80 Å². The molecule has 3 amide bonds. The maximum Gasteiger partial charge on any atom is 0.253 e. The highest BCUT2D eigenvalue weighted by atomic mass is 16.5. The van der Waals surface area contributed by atoms with Crippen LogP contribution >= 0.6 is 0 Å². The molecule has 2 saturated heterocycles. The Labute approximate surface area is 240 Å². The number of amides is 3. The van der Waals surface area contributed by atoms with Crippen LogP contribution in [0, 0.1) is 25.7 Å². The Morgan fingerprint density at radius 1 is 0.951 bits per heavy atom. The molecule has 4 heterocycles. The quantitative estimate of drug-likeness (QED) is 0.573. The second-order valence-electron chi connectivity index (χ2n) is 12.0. The number of ether oxygens (including phenoxy) is 1. The highest BCUT2D eigenvalue weighted by Crippen LogP contribution is 2.58. The van der Waals surface area contributed by atoms with Gasteiger partial charge in [0.1, 0.15) is 11.6 Å². The monoisotopic (exact) mass is 555 g/mol. The van der Waals surface area contributed by atoms with Gasteiger partial charge in [0.25, 0.3) is 5.91 Å². The predicted octanol–water partition coefficient (Wildman–Crippen LogP) is 3.16. The van der Waals surface area contributed by atoms with E-state index in [9.17, 15) is 19.5 Å². The van der Waals surface area contributed by atoms with Crippen molar-refractivity contribution in [3.05, 3.63) is 89.5 Å². The molecule has 2 aromatic carbocycles. The third kappa shape index (κ3) is 4.15. The Morgan fingerprint density at radius 2 is 1.68 bits per heavy atom. The number of hydrogen-bond acceptors (Lipinski definition) is 5. The number of nitrogens with zero attached hydrogens (tertiary/aromatic N) is 3. The van der Waals surface area contributed by atoms with E-state index < -0.39 is 35.1 Å². The number of likely N-dealkylation sites (tertiary alicyclic amines) is 1. The highest BCUT2D eigenvalue weighted by molar-refractivity contribution is 6.06. The van der Waals surface area contributed by atoms with Crippen LogP contribution in [0.5, 0.6) is 0 Å². The van der Waals surface area contributed by atoms with Crippen LogP contribution in [0.1, 0.15) is 30.5 Å². The zero-order valence-corrected chi connectivity index (χ0v) is 24.0. The topological polar surface area (TPSA) is 90.4 Å². The van der Waals surface area contributed by atoms with Gasteiger partial charge in [0.2, 0.25) is 11.8 Å². The Hall–Kier alpha value is -3.75. The number of benzene rings is 2. The smallest absolute Gasteiger partial charge is 0.253 e. The minimum Gasteiger partial charge on any atom is -0.394 e. The fraction of sp³-hybridized carbons (Fsp3) is 0.424. The van der Waals surface area contributed by atoms with Crippen LogP contribution in [0.15, 0.2) is 72.8 Å². The molecular weight excluding hydrogens is 518 g/mol. The number of aliphatic hydroxyl groups is 1. The Balaban J connectivity index is 1.46. The average molecular weight is 556 g/mol. The van der Waals surface area contributed by atoms with Crippen LogP contribution in [-0.2, 0) is 25.7 Å². The molecule has 1 N–H and O–H groups in total. The number of carbonyl (C=O) groups excluding carboxylic acids is 3. The third-order valence-electron chi connectivity index (χ3n) is 9.19. The molecule has 1 spiro atoms. The summed E-state index contributed by atoms with van der Waals surface area (Å²) in [6.45, 7) is 8.30. The normalized spacial score (nSPS) is 31.6. The fourth-order valence-corrected chi connectivity index (χ4v) is 7.25. The Kier molecular flexibility index (Phi) is 6.66. The van der Waals surface area contributed by atoms with E-state index in [0.29, 0.717) is 19.6 Å². The van der Waals surface area contributed by atoms with Crippen molar-refractivity contribution in [3.8, 4) is 0 Å². The number of rotatable bonds is 5. The molecule has 0 radical (unpaired) electrons. The molecular formula is C33H37N3O5. The van der Waals surface area contributed by atoms with Crippen molar-refractivity contribution in [1.29, 1.82) is 0 Å². The zero-order chi connectivity index (χ0) is 29.1. The molecule has 8 heteroatoms. The first kappa shape index (κ1) is 27.4. The van der Waals surface area contributed by atoms with E-state index in [0.717, 1.165) is 22.4 Å². The summed E-state index contributed by atoms with van der Waals surface area (Å²) < 4.78 is 6.89. The molecule has 6 atom stereocenters. The molecule has 0 bridgehead atoms. The maximum absolute atomic E-state index is 14.6. The zero-order valence-electron chi connectivity index (χ0n) is 24.0. The molecule has 0 saturated carbocycles. The molecule has 1 unspecified atom stereocenters. The van der Waals surface area contributed by atoms with Gasteiger partial charge in [-0.1, -0.05) is 66.8 Å². The summed E-state index contributed by atoms with van der Waals surface area (Å²) in [5, 5.41) is 10.2. The number of aryl methyl sites for hydroxylation is 2. The van der Waals surface area contributed by atoms with Gasteiger partial charge in [0.15, 0.2) is 0 Å². The molecule has 2 fully saturated rings. The summed E-state index contributed by atoms with van der Waals surface area (Å²) >= 11 is 0. The SMILES string of the molecule is Cc1ccc(C)c(N2CC=C[C@]34O[C@@]5(C)C=CCN(Cc6ccccc6)C(=O)[C@H]5[C@H]3C(=O)N([C@H](C)CO)C4C2=O)c1. The van der Waals surface area contributed by atoms with Crippen LogP contribution in [0.4, 0.5) is 5.69 Å². The summed E-state index contributed by atoms with van der Waals surface area (Å²) in [7, 11) is 0. The van der Waals surface area contributed by atoms with Gasteiger partial charge in [-0.15, -0.1) is 0 Å². The summed E-state index contributed by atoms with van der Waals surface area (Å²) in [4.78, 5) is 48.3. The highest BCUT2D eigenvalue weighted by Gasteiger charge is 2.75. The van der Waals surface area contributed by atoms with E-state index in [4.69, 9.17) is 4.74 Å². The molecule has 0 aliphatic carbocycles. The number of anilines is 1. The molecule has 6 rings (SSSR count). The average Bonchev–Trinajstić information content (AvgIpc) is 3.24. The lowest BCUT2D eigenvalue weighted by Gasteiger charge is -2.39. The van der Waals surface area contributed by atoms with Crippen molar-refractivity contribution in [2.75, 3.05) is 24.6 Å². The van der Waals surface area contributed by atoms with Gasteiger partial charge >= 0.3 is 0 Å². The summed E-state index contributed by atoms with van der Waals surface area (Å²) in [5.74, 6) is -2.54. The standard InChI is InChI=1S/C33H37N3O5/c1-21-12-13-22(2)25(18-21)35-17-9-15-33-27(30(39)36(23(3)20-37)28(33)31(35)40)26-29(38)34(16-8-14-32(26,4)41-33)19-24-10-6-5-7-11-24/h5-15,18,23,26-28,37H,16-17,19-20H2,1-4H3/t23-,26-,27+,28?,32+,33+/m1/s1. The number of aliphatic hydroxyl groups excluding tert-OH is 1. The minimum absolute atomic E-state index is 0.176. The molecule has 0 aromatic heterocycles. The first-order valence-electron chi connectivity index (χ1n) is 14.3. The van der Waals surface area contributed by atoms with Gasteiger partial charge in [-0.3, -0.25) is 14.4 Å². The molecule has 4 aliphatic heterocycles. The molecule has 214 valence electrons. The van der Waals surface area contributed by atoms with Gasteiger partial charge in [-0.25, -0.2) is 0 Å². The predicted molar refractivity (Wildman–Crippen MR) is 155 cm³/mol. The van der Waals surface area contributed by atoms with E-state index in [1.165, 1.54) is 4.90 Å². The number of fused-ring (bicyclic) bond motifs is 2. The lowest BCUT2D eigenvalue weighted by atomic mass is 9.74. The Bertz CT molecular complexity index is 1450. The van der Waals surface area contributed by atoms with E-state index >= 15 is 0 Å². The van der Waals surface area contributed by atoms with Gasteiger partial charge in [0.05, 0.1) is 30.1 Å². The van der Waals surface area contributed by atoms with Gasteiger partial charge in [-0.2, -0.15) is 0 Å². The molecule has 2 aromatic rings. The van der Waals surface area contributed by atoms with Crippen LogP contribution < -0.4 is 4.90 Å². The largest absolute Gasteiger partial charge is 0.394 e.